The van der Waals surface area contributed by atoms with Crippen molar-refractivity contribution < 1.29 is 18.3 Å². The van der Waals surface area contributed by atoms with Crippen molar-refractivity contribution in [2.75, 3.05) is 0 Å². The Morgan fingerprint density at radius 1 is 1.38 bits per heavy atom. The van der Waals surface area contributed by atoms with Gasteiger partial charge < -0.3 is 10.8 Å². The van der Waals surface area contributed by atoms with E-state index >= 15 is 0 Å². The van der Waals surface area contributed by atoms with E-state index in [2.05, 4.69) is 0 Å². The van der Waals surface area contributed by atoms with Crippen molar-refractivity contribution in [2.45, 2.75) is 17.4 Å². The van der Waals surface area contributed by atoms with Gasteiger partial charge in [0.15, 0.2) is 0 Å². The summed E-state index contributed by atoms with van der Waals surface area (Å²) in [6.07, 6.45) is 0.137. The molecule has 1 aromatic carbocycles. The van der Waals surface area contributed by atoms with Crippen molar-refractivity contribution in [1.82, 2.24) is 0 Å². The predicted octanol–water partition coefficient (Wildman–Crippen LogP) is 0.569. The molecule has 1 aromatic rings. The van der Waals surface area contributed by atoms with Gasteiger partial charge in [-0.25, -0.2) is 8.42 Å². The predicted molar refractivity (Wildman–Crippen MR) is 58.8 cm³/mol. The van der Waals surface area contributed by atoms with E-state index in [-0.39, 0.29) is 11.3 Å². The Balaban J connectivity index is 2.84. The van der Waals surface area contributed by atoms with Gasteiger partial charge in [-0.2, -0.15) is 0 Å². The van der Waals surface area contributed by atoms with Gasteiger partial charge in [0.1, 0.15) is 6.04 Å². The molecule has 0 aliphatic heterocycles. The summed E-state index contributed by atoms with van der Waals surface area (Å²) in [7, 11) is 1.38. The van der Waals surface area contributed by atoms with Crippen molar-refractivity contribution in [3.05, 3.63) is 29.8 Å². The zero-order valence-electron chi connectivity index (χ0n) is 8.13. The Morgan fingerprint density at radius 3 is 2.25 bits per heavy atom. The Morgan fingerprint density at radius 2 is 1.88 bits per heavy atom. The lowest BCUT2D eigenvalue weighted by Gasteiger charge is -2.06. The van der Waals surface area contributed by atoms with Gasteiger partial charge in [-0.05, 0) is 24.1 Å². The molecule has 3 N–H and O–H groups in total. The van der Waals surface area contributed by atoms with Crippen LogP contribution in [0, 0.1) is 0 Å². The van der Waals surface area contributed by atoms with Crippen LogP contribution in [0.25, 0.3) is 0 Å². The van der Waals surface area contributed by atoms with Crippen molar-refractivity contribution in [1.29, 1.82) is 0 Å². The molecule has 88 valence electrons. The average molecular weight is 264 g/mol. The van der Waals surface area contributed by atoms with Crippen LogP contribution in [0.5, 0.6) is 0 Å². The van der Waals surface area contributed by atoms with Gasteiger partial charge in [0.25, 0.3) is 9.05 Å². The summed E-state index contributed by atoms with van der Waals surface area (Å²) >= 11 is 0. The van der Waals surface area contributed by atoms with Crippen molar-refractivity contribution in [3.8, 4) is 0 Å². The standard InChI is InChI=1S/C9H10ClNO4S/c10-16(14,15)7-3-1-6(2-4-7)5-8(11)9(12)13/h1-4,8H,5,11H2,(H,12,13)/t8-/m0/s1. The van der Waals surface area contributed by atoms with E-state index in [1.54, 1.807) is 0 Å². The zero-order chi connectivity index (χ0) is 12.3. The van der Waals surface area contributed by atoms with Crippen molar-refractivity contribution in [3.63, 3.8) is 0 Å². The first-order valence-electron chi connectivity index (χ1n) is 4.32. The number of rotatable bonds is 4. The Bertz CT molecular complexity index is 483. The molecule has 5 nitrogen and oxygen atoms in total. The molecule has 0 saturated heterocycles. The molecule has 0 aliphatic rings. The summed E-state index contributed by atoms with van der Waals surface area (Å²) in [4.78, 5) is 10.5. The Kier molecular flexibility index (Phi) is 3.90. The van der Waals surface area contributed by atoms with Crippen LogP contribution in [0.2, 0.25) is 0 Å². The molecule has 1 rings (SSSR count). The number of carboxylic acids is 1. The van der Waals surface area contributed by atoms with Gasteiger partial charge >= 0.3 is 5.97 Å². The first kappa shape index (κ1) is 13.0. The summed E-state index contributed by atoms with van der Waals surface area (Å²) in [6, 6.07) is 4.59. The van der Waals surface area contributed by atoms with E-state index in [1.807, 2.05) is 0 Å². The third-order valence-electron chi connectivity index (χ3n) is 1.98. The van der Waals surface area contributed by atoms with Gasteiger partial charge in [-0.3, -0.25) is 4.79 Å². The highest BCUT2D eigenvalue weighted by atomic mass is 35.7. The minimum absolute atomic E-state index is 0.0261. The number of hydrogen-bond acceptors (Lipinski definition) is 4. The molecule has 0 aliphatic carbocycles. The lowest BCUT2D eigenvalue weighted by atomic mass is 10.1. The normalized spacial score (nSPS) is 13.4. The molecule has 0 heterocycles. The summed E-state index contributed by atoms with van der Waals surface area (Å²) in [5.74, 6) is -1.10. The number of nitrogens with two attached hydrogens (primary N) is 1. The average Bonchev–Trinajstić information content (AvgIpc) is 2.17. The van der Waals surface area contributed by atoms with Crippen LogP contribution in [0.1, 0.15) is 5.56 Å². The molecule has 0 spiro atoms. The molecular weight excluding hydrogens is 254 g/mol. The summed E-state index contributed by atoms with van der Waals surface area (Å²) in [5.41, 5.74) is 5.97. The SMILES string of the molecule is N[C@@H](Cc1ccc(S(=O)(=O)Cl)cc1)C(=O)O. The van der Waals surface area contributed by atoms with Crippen LogP contribution < -0.4 is 5.73 Å². The number of carboxylic acid groups (broad SMARTS) is 1. The number of hydrogen-bond donors (Lipinski definition) is 2. The van der Waals surface area contributed by atoms with Crippen LogP contribution in [0.15, 0.2) is 29.2 Å². The van der Waals surface area contributed by atoms with Gasteiger partial charge in [0.2, 0.25) is 0 Å². The highest BCUT2D eigenvalue weighted by Gasteiger charge is 2.13. The molecular formula is C9H10ClNO4S. The van der Waals surface area contributed by atoms with Gasteiger partial charge in [0.05, 0.1) is 4.90 Å². The van der Waals surface area contributed by atoms with E-state index in [9.17, 15) is 13.2 Å². The smallest absolute Gasteiger partial charge is 0.320 e. The lowest BCUT2D eigenvalue weighted by Crippen LogP contribution is -2.32. The highest BCUT2D eigenvalue weighted by molar-refractivity contribution is 8.13. The molecule has 16 heavy (non-hydrogen) atoms. The maximum atomic E-state index is 10.9. The molecule has 0 amide bonds. The quantitative estimate of drug-likeness (QED) is 0.774. The highest BCUT2D eigenvalue weighted by Crippen LogP contribution is 2.15. The third kappa shape index (κ3) is 3.48. The third-order valence-corrected chi connectivity index (χ3v) is 3.35. The summed E-state index contributed by atoms with van der Waals surface area (Å²) < 4.78 is 21.8. The van der Waals surface area contributed by atoms with Crippen molar-refractivity contribution in [2.24, 2.45) is 5.73 Å². The van der Waals surface area contributed by atoms with E-state index < -0.39 is 21.1 Å². The molecule has 0 saturated carbocycles. The second kappa shape index (κ2) is 4.82. The fraction of sp³-hybridized carbons (Fsp3) is 0.222. The molecule has 0 aromatic heterocycles. The van der Waals surface area contributed by atoms with E-state index in [4.69, 9.17) is 21.5 Å². The van der Waals surface area contributed by atoms with Crippen LogP contribution in [0.4, 0.5) is 0 Å². The second-order valence-electron chi connectivity index (χ2n) is 3.23. The number of halogens is 1. The van der Waals surface area contributed by atoms with Crippen LogP contribution in [0.3, 0.4) is 0 Å². The largest absolute Gasteiger partial charge is 0.480 e. The summed E-state index contributed by atoms with van der Waals surface area (Å²) in [6.45, 7) is 0. The Hall–Kier alpha value is -1.11. The van der Waals surface area contributed by atoms with Crippen LogP contribution >= 0.6 is 10.7 Å². The first-order valence-corrected chi connectivity index (χ1v) is 6.63. The summed E-state index contributed by atoms with van der Waals surface area (Å²) in [5, 5.41) is 8.59. The second-order valence-corrected chi connectivity index (χ2v) is 5.80. The van der Waals surface area contributed by atoms with Crippen LogP contribution in [-0.4, -0.2) is 25.5 Å². The van der Waals surface area contributed by atoms with Crippen molar-refractivity contribution >= 4 is 25.7 Å². The fourth-order valence-corrected chi connectivity index (χ4v) is 1.90. The van der Waals surface area contributed by atoms with Gasteiger partial charge in [-0.15, -0.1) is 0 Å². The molecule has 0 radical (unpaired) electrons. The van der Waals surface area contributed by atoms with E-state index in [0.29, 0.717) is 5.56 Å². The monoisotopic (exact) mass is 263 g/mol. The van der Waals surface area contributed by atoms with Crippen LogP contribution in [-0.2, 0) is 20.3 Å². The molecule has 0 fully saturated rings. The minimum atomic E-state index is -3.74. The zero-order valence-corrected chi connectivity index (χ0v) is 9.70. The first-order chi connectivity index (χ1) is 7.30. The number of aliphatic carboxylic acids is 1. The topological polar surface area (TPSA) is 97.5 Å². The fourth-order valence-electron chi connectivity index (χ4n) is 1.13. The number of benzene rings is 1. The molecule has 0 bridgehead atoms. The van der Waals surface area contributed by atoms with E-state index in [0.717, 1.165) is 0 Å². The molecule has 0 unspecified atom stereocenters. The number of carbonyl (C=O) groups is 1. The minimum Gasteiger partial charge on any atom is -0.480 e. The van der Waals surface area contributed by atoms with Gasteiger partial charge in [0, 0.05) is 10.7 Å². The van der Waals surface area contributed by atoms with Gasteiger partial charge in [-0.1, -0.05) is 12.1 Å². The maximum Gasteiger partial charge on any atom is 0.320 e. The Labute approximate surface area is 97.3 Å². The van der Waals surface area contributed by atoms with E-state index in [1.165, 1.54) is 24.3 Å². The molecule has 1 atom stereocenters. The maximum absolute atomic E-state index is 10.9. The lowest BCUT2D eigenvalue weighted by molar-refractivity contribution is -0.138. The molecule has 7 heteroatoms.